The highest BCUT2D eigenvalue weighted by Crippen LogP contribution is 2.31. The standard InChI is InChI=1S/C34H47N5O4/c1-5-19-35-24(4)32(41)36-28-22-38(30(40)21-23(2)3)20-18-27-16-17-29(39(27)34(28)43)33(42)37-31(25-12-8-6-9-13-25)26-14-10-7-11-15-26/h6-15,23-24,27-29,31,35H,5,16-22H2,1-4H3,(H,36,41)(H,37,42)/t24-,27+,28-,29-/m0/s1. The first-order valence-corrected chi connectivity index (χ1v) is 15.7. The van der Waals surface area contributed by atoms with Crippen LogP contribution in [0, 0.1) is 5.92 Å². The number of nitrogens with zero attached hydrogens (tertiary/aromatic N) is 2. The van der Waals surface area contributed by atoms with Crippen molar-refractivity contribution in [1.82, 2.24) is 25.8 Å². The van der Waals surface area contributed by atoms with Crippen molar-refractivity contribution in [1.29, 1.82) is 0 Å². The lowest BCUT2D eigenvalue weighted by molar-refractivity contribution is -0.147. The summed E-state index contributed by atoms with van der Waals surface area (Å²) in [4.78, 5) is 58.0. The van der Waals surface area contributed by atoms with E-state index >= 15 is 0 Å². The predicted molar refractivity (Wildman–Crippen MR) is 167 cm³/mol. The molecule has 2 aliphatic rings. The van der Waals surface area contributed by atoms with Gasteiger partial charge in [0.25, 0.3) is 0 Å². The maximum Gasteiger partial charge on any atom is 0.247 e. The van der Waals surface area contributed by atoms with Crippen molar-refractivity contribution in [3.63, 3.8) is 0 Å². The minimum Gasteiger partial charge on any atom is -0.343 e. The van der Waals surface area contributed by atoms with Gasteiger partial charge in [0.15, 0.2) is 0 Å². The molecule has 0 spiro atoms. The minimum absolute atomic E-state index is 0.0199. The zero-order chi connectivity index (χ0) is 30.9. The van der Waals surface area contributed by atoms with Crippen LogP contribution in [0.25, 0.3) is 0 Å². The van der Waals surface area contributed by atoms with Crippen LogP contribution >= 0.6 is 0 Å². The summed E-state index contributed by atoms with van der Waals surface area (Å²) in [5, 5.41) is 9.33. The third-order valence-electron chi connectivity index (χ3n) is 8.39. The van der Waals surface area contributed by atoms with E-state index in [2.05, 4.69) is 16.0 Å². The fourth-order valence-corrected chi connectivity index (χ4v) is 6.08. The Kier molecular flexibility index (Phi) is 11.3. The molecular formula is C34H47N5O4. The summed E-state index contributed by atoms with van der Waals surface area (Å²) in [5.41, 5.74) is 1.90. The van der Waals surface area contributed by atoms with Gasteiger partial charge in [0, 0.05) is 25.6 Å². The number of benzene rings is 2. The molecule has 9 heteroatoms. The molecule has 2 heterocycles. The zero-order valence-corrected chi connectivity index (χ0v) is 25.9. The smallest absolute Gasteiger partial charge is 0.247 e. The van der Waals surface area contributed by atoms with Gasteiger partial charge in [0.1, 0.15) is 12.1 Å². The minimum atomic E-state index is -0.940. The number of amides is 4. The summed E-state index contributed by atoms with van der Waals surface area (Å²) in [6.07, 6.45) is 3.02. The number of carbonyl (C=O) groups excluding carboxylic acids is 4. The van der Waals surface area contributed by atoms with Gasteiger partial charge in [0.05, 0.1) is 12.1 Å². The Balaban J connectivity index is 1.58. The van der Waals surface area contributed by atoms with E-state index in [1.165, 1.54) is 0 Å². The zero-order valence-electron chi connectivity index (χ0n) is 25.9. The van der Waals surface area contributed by atoms with E-state index in [1.54, 1.807) is 16.7 Å². The SMILES string of the molecule is CCCN[C@@H](C)C(=O)N[C@H]1CN(C(=O)CC(C)C)CC[C@H]2CC[C@@H](C(=O)NC(c3ccccc3)c3ccccc3)N2C1=O. The van der Waals surface area contributed by atoms with Crippen LogP contribution < -0.4 is 16.0 Å². The average molecular weight is 590 g/mol. The van der Waals surface area contributed by atoms with Gasteiger partial charge in [0.2, 0.25) is 23.6 Å². The Bertz CT molecular complexity index is 1200. The van der Waals surface area contributed by atoms with Crippen LogP contribution in [0.15, 0.2) is 60.7 Å². The lowest BCUT2D eigenvalue weighted by Crippen LogP contribution is -2.62. The lowest BCUT2D eigenvalue weighted by Gasteiger charge is -2.39. The molecule has 2 aromatic carbocycles. The van der Waals surface area contributed by atoms with E-state index in [0.717, 1.165) is 17.5 Å². The Labute approximate surface area is 255 Å². The topological polar surface area (TPSA) is 111 Å². The van der Waals surface area contributed by atoms with Gasteiger partial charge in [-0.2, -0.15) is 0 Å². The van der Waals surface area contributed by atoms with Gasteiger partial charge in [-0.1, -0.05) is 81.4 Å². The molecule has 232 valence electrons. The molecule has 2 aliphatic heterocycles. The maximum absolute atomic E-state index is 14.3. The Hall–Kier alpha value is -3.72. The van der Waals surface area contributed by atoms with Crippen molar-refractivity contribution in [2.45, 2.75) is 90.0 Å². The molecule has 2 saturated heterocycles. The second kappa shape index (κ2) is 15.1. The van der Waals surface area contributed by atoms with Crippen molar-refractivity contribution in [2.24, 2.45) is 5.92 Å². The van der Waals surface area contributed by atoms with E-state index in [0.29, 0.717) is 38.8 Å². The molecule has 0 unspecified atom stereocenters. The predicted octanol–water partition coefficient (Wildman–Crippen LogP) is 3.40. The average Bonchev–Trinajstić information content (AvgIpc) is 3.42. The fraction of sp³-hybridized carbons (Fsp3) is 0.529. The lowest BCUT2D eigenvalue weighted by atomic mass is 9.98. The summed E-state index contributed by atoms with van der Waals surface area (Å²) < 4.78 is 0. The first-order chi connectivity index (χ1) is 20.7. The van der Waals surface area contributed by atoms with Crippen molar-refractivity contribution in [3.8, 4) is 0 Å². The number of hydrogen-bond acceptors (Lipinski definition) is 5. The molecular weight excluding hydrogens is 542 g/mol. The van der Waals surface area contributed by atoms with Gasteiger partial charge in [-0.05, 0) is 56.2 Å². The highest BCUT2D eigenvalue weighted by molar-refractivity contribution is 5.94. The van der Waals surface area contributed by atoms with Crippen molar-refractivity contribution in [2.75, 3.05) is 19.6 Å². The number of rotatable bonds is 11. The Morgan fingerprint density at radius 2 is 1.53 bits per heavy atom. The summed E-state index contributed by atoms with van der Waals surface area (Å²) in [7, 11) is 0. The molecule has 0 aromatic heterocycles. The third-order valence-corrected chi connectivity index (χ3v) is 8.39. The van der Waals surface area contributed by atoms with Crippen molar-refractivity contribution >= 4 is 23.6 Å². The van der Waals surface area contributed by atoms with Gasteiger partial charge in [-0.3, -0.25) is 19.2 Å². The van der Waals surface area contributed by atoms with E-state index in [1.807, 2.05) is 81.4 Å². The second-order valence-corrected chi connectivity index (χ2v) is 12.2. The van der Waals surface area contributed by atoms with Crippen molar-refractivity contribution in [3.05, 3.63) is 71.8 Å². The first-order valence-electron chi connectivity index (χ1n) is 15.7. The highest BCUT2D eigenvalue weighted by Gasteiger charge is 2.46. The van der Waals surface area contributed by atoms with Gasteiger partial charge in [-0.15, -0.1) is 0 Å². The van der Waals surface area contributed by atoms with Crippen molar-refractivity contribution < 1.29 is 19.2 Å². The van der Waals surface area contributed by atoms with Crippen LogP contribution in [0.4, 0.5) is 0 Å². The van der Waals surface area contributed by atoms with E-state index < -0.39 is 18.1 Å². The molecule has 2 fully saturated rings. The van der Waals surface area contributed by atoms with Crippen LogP contribution in [0.1, 0.15) is 77.0 Å². The number of hydrogen-bond donors (Lipinski definition) is 3. The Morgan fingerprint density at radius 1 is 0.907 bits per heavy atom. The quantitative estimate of drug-likeness (QED) is 0.372. The van der Waals surface area contributed by atoms with Crippen LogP contribution in [0.3, 0.4) is 0 Å². The molecule has 0 radical (unpaired) electrons. The normalized spacial score (nSPS) is 21.3. The molecule has 0 aliphatic carbocycles. The third kappa shape index (κ3) is 8.22. The molecule has 4 amide bonds. The molecule has 0 bridgehead atoms. The molecule has 9 nitrogen and oxygen atoms in total. The monoisotopic (exact) mass is 589 g/mol. The number of carbonyl (C=O) groups is 4. The molecule has 0 saturated carbocycles. The van der Waals surface area contributed by atoms with E-state index in [-0.39, 0.29) is 48.2 Å². The first kappa shape index (κ1) is 32.2. The fourth-order valence-electron chi connectivity index (χ4n) is 6.08. The highest BCUT2D eigenvalue weighted by atomic mass is 16.2. The molecule has 2 aromatic rings. The molecule has 4 rings (SSSR count). The van der Waals surface area contributed by atoms with Gasteiger partial charge >= 0.3 is 0 Å². The maximum atomic E-state index is 14.3. The molecule has 3 N–H and O–H groups in total. The van der Waals surface area contributed by atoms with Crippen LogP contribution in [0.5, 0.6) is 0 Å². The van der Waals surface area contributed by atoms with E-state index in [4.69, 9.17) is 0 Å². The number of fused-ring (bicyclic) bond motifs is 1. The van der Waals surface area contributed by atoms with Crippen LogP contribution in [0.2, 0.25) is 0 Å². The van der Waals surface area contributed by atoms with Gasteiger partial charge < -0.3 is 25.8 Å². The largest absolute Gasteiger partial charge is 0.343 e. The van der Waals surface area contributed by atoms with Crippen LogP contribution in [-0.2, 0) is 19.2 Å². The summed E-state index contributed by atoms with van der Waals surface area (Å²) in [5.74, 6) is -0.665. The number of nitrogens with one attached hydrogen (secondary N) is 3. The molecule has 4 atom stereocenters. The Morgan fingerprint density at radius 3 is 2.12 bits per heavy atom. The second-order valence-electron chi connectivity index (χ2n) is 12.2. The van der Waals surface area contributed by atoms with E-state index in [9.17, 15) is 19.2 Å². The summed E-state index contributed by atoms with van der Waals surface area (Å²) >= 11 is 0. The summed E-state index contributed by atoms with van der Waals surface area (Å²) in [6.45, 7) is 9.01. The van der Waals surface area contributed by atoms with Crippen LogP contribution in [-0.4, -0.2) is 77.2 Å². The molecule has 43 heavy (non-hydrogen) atoms. The van der Waals surface area contributed by atoms with Gasteiger partial charge in [-0.25, -0.2) is 0 Å². The summed E-state index contributed by atoms with van der Waals surface area (Å²) in [6, 6.07) is 16.9.